The number of para-hydroxylation sites is 1. The van der Waals surface area contributed by atoms with Crippen molar-refractivity contribution in [3.8, 4) is 0 Å². The number of rotatable bonds is 3. The fourth-order valence-corrected chi connectivity index (χ4v) is 2.69. The number of piperidine rings is 1. The van der Waals surface area contributed by atoms with E-state index in [1.165, 1.54) is 12.1 Å². The Morgan fingerprint density at radius 2 is 1.95 bits per heavy atom. The highest BCUT2D eigenvalue weighted by molar-refractivity contribution is 5.98. The third-order valence-electron chi connectivity index (χ3n) is 3.73. The lowest BCUT2D eigenvalue weighted by atomic mass is 10.1. The fraction of sp³-hybridized carbons (Fsp3) is 0.417. The van der Waals surface area contributed by atoms with Crippen LogP contribution in [0.2, 0.25) is 0 Å². The van der Waals surface area contributed by atoms with Gasteiger partial charge in [0.05, 0.1) is 4.92 Å². The van der Waals surface area contributed by atoms with Crippen LogP contribution in [0.3, 0.4) is 0 Å². The molecule has 2 aliphatic rings. The largest absolute Gasteiger partial charge is 0.348 e. The lowest BCUT2D eigenvalue weighted by Crippen LogP contribution is -2.32. The minimum atomic E-state index is -0.524. The number of carbonyl (C=O) groups is 1. The van der Waals surface area contributed by atoms with Crippen molar-refractivity contribution in [1.82, 2.24) is 10.6 Å². The van der Waals surface area contributed by atoms with Gasteiger partial charge in [-0.1, -0.05) is 12.1 Å². The van der Waals surface area contributed by atoms with E-state index in [4.69, 9.17) is 0 Å². The van der Waals surface area contributed by atoms with Gasteiger partial charge in [-0.05, 0) is 17.9 Å². The molecule has 7 heteroatoms. The van der Waals surface area contributed by atoms with Gasteiger partial charge in [0.1, 0.15) is 5.56 Å². The van der Waals surface area contributed by atoms with Crippen LogP contribution in [0.4, 0.5) is 5.69 Å². The molecular formula is C12H14ClN3O3. The van der Waals surface area contributed by atoms with Crippen LogP contribution in [-0.4, -0.2) is 30.0 Å². The van der Waals surface area contributed by atoms with Gasteiger partial charge in [0.25, 0.3) is 11.6 Å². The molecule has 1 saturated heterocycles. The third kappa shape index (κ3) is 2.41. The average Bonchev–Trinajstić information content (AvgIpc) is 2.81. The van der Waals surface area contributed by atoms with Gasteiger partial charge in [-0.25, -0.2) is 0 Å². The average molecular weight is 284 g/mol. The number of fused-ring (bicyclic) bond motifs is 1. The lowest BCUT2D eigenvalue weighted by Gasteiger charge is -2.07. The van der Waals surface area contributed by atoms with E-state index in [9.17, 15) is 14.9 Å². The standard InChI is InChI=1S/C12H13N3O3.ClH/c16-12(14-11-8-5-13-6-9(8)11)7-3-1-2-4-10(7)15(17)18;/h1-4,8-9,11,13H,5-6H2,(H,14,16);1H. The fourth-order valence-electron chi connectivity index (χ4n) is 2.69. The molecule has 1 heterocycles. The van der Waals surface area contributed by atoms with Crippen LogP contribution in [0.5, 0.6) is 0 Å². The first-order valence-electron chi connectivity index (χ1n) is 5.93. The van der Waals surface area contributed by atoms with Gasteiger partial charge >= 0.3 is 0 Å². The van der Waals surface area contributed by atoms with Gasteiger partial charge in [-0.3, -0.25) is 14.9 Å². The summed E-state index contributed by atoms with van der Waals surface area (Å²) in [5.41, 5.74) is -0.000586. The van der Waals surface area contributed by atoms with Gasteiger partial charge in [-0.15, -0.1) is 12.4 Å². The summed E-state index contributed by atoms with van der Waals surface area (Å²) in [6.07, 6.45) is 0. The highest BCUT2D eigenvalue weighted by Gasteiger charge is 2.53. The number of nitrogens with zero attached hydrogens (tertiary/aromatic N) is 1. The summed E-state index contributed by atoms with van der Waals surface area (Å²) < 4.78 is 0. The molecule has 0 spiro atoms. The Hall–Kier alpha value is -1.66. The molecule has 0 aromatic heterocycles. The Labute approximate surface area is 116 Å². The Morgan fingerprint density at radius 3 is 2.58 bits per heavy atom. The smallest absolute Gasteiger partial charge is 0.282 e. The summed E-state index contributed by atoms with van der Waals surface area (Å²) in [4.78, 5) is 22.3. The number of nitrogens with one attached hydrogen (secondary N) is 2. The van der Waals surface area contributed by atoms with E-state index >= 15 is 0 Å². The van der Waals surface area contributed by atoms with Crippen LogP contribution in [-0.2, 0) is 0 Å². The molecule has 0 bridgehead atoms. The maximum Gasteiger partial charge on any atom is 0.282 e. The molecule has 102 valence electrons. The summed E-state index contributed by atoms with van der Waals surface area (Å²) in [6, 6.07) is 6.22. The van der Waals surface area contributed by atoms with Crippen LogP contribution in [0.15, 0.2) is 24.3 Å². The van der Waals surface area contributed by atoms with Crippen molar-refractivity contribution in [3.05, 3.63) is 39.9 Å². The van der Waals surface area contributed by atoms with Crippen molar-refractivity contribution >= 4 is 24.0 Å². The number of benzene rings is 1. The Morgan fingerprint density at radius 1 is 1.32 bits per heavy atom. The van der Waals surface area contributed by atoms with Gasteiger partial charge in [-0.2, -0.15) is 0 Å². The van der Waals surface area contributed by atoms with Crippen molar-refractivity contribution in [3.63, 3.8) is 0 Å². The van der Waals surface area contributed by atoms with Crippen LogP contribution in [0.25, 0.3) is 0 Å². The molecule has 1 aromatic carbocycles. The van der Waals surface area contributed by atoms with Gasteiger partial charge < -0.3 is 10.6 Å². The Balaban J connectivity index is 0.00000133. The lowest BCUT2D eigenvalue weighted by molar-refractivity contribution is -0.385. The number of hydrogen-bond acceptors (Lipinski definition) is 4. The van der Waals surface area contributed by atoms with Crippen molar-refractivity contribution in [2.75, 3.05) is 13.1 Å². The third-order valence-corrected chi connectivity index (χ3v) is 3.73. The highest BCUT2D eigenvalue weighted by Crippen LogP contribution is 2.41. The molecule has 1 amide bonds. The molecule has 0 radical (unpaired) electrons. The Bertz CT molecular complexity index is 513. The maximum atomic E-state index is 12.0. The number of nitro groups is 1. The number of nitro benzene ring substituents is 1. The summed E-state index contributed by atoms with van der Waals surface area (Å²) in [7, 11) is 0. The quantitative estimate of drug-likeness (QED) is 0.639. The van der Waals surface area contributed by atoms with Crippen molar-refractivity contribution in [2.24, 2.45) is 11.8 Å². The number of hydrogen-bond donors (Lipinski definition) is 2. The van der Waals surface area contributed by atoms with E-state index < -0.39 is 4.92 Å². The molecular weight excluding hydrogens is 270 g/mol. The molecule has 3 rings (SSSR count). The van der Waals surface area contributed by atoms with Crippen molar-refractivity contribution < 1.29 is 9.72 Å². The predicted octanol–water partition coefficient (Wildman–Crippen LogP) is 0.964. The van der Waals surface area contributed by atoms with E-state index in [1.54, 1.807) is 12.1 Å². The van der Waals surface area contributed by atoms with Crippen molar-refractivity contribution in [1.29, 1.82) is 0 Å². The minimum Gasteiger partial charge on any atom is -0.348 e. The molecule has 1 aliphatic carbocycles. The second-order valence-electron chi connectivity index (χ2n) is 4.76. The molecule has 6 nitrogen and oxygen atoms in total. The molecule has 1 aromatic rings. The summed E-state index contributed by atoms with van der Waals surface area (Å²) in [6.45, 7) is 1.85. The second-order valence-corrected chi connectivity index (χ2v) is 4.76. The van der Waals surface area contributed by atoms with Crippen LogP contribution in [0.1, 0.15) is 10.4 Å². The molecule has 1 saturated carbocycles. The molecule has 19 heavy (non-hydrogen) atoms. The first-order chi connectivity index (χ1) is 8.68. The normalized spacial score (nSPS) is 27.1. The van der Waals surface area contributed by atoms with Crippen molar-refractivity contribution in [2.45, 2.75) is 6.04 Å². The topological polar surface area (TPSA) is 84.3 Å². The maximum absolute atomic E-state index is 12.0. The summed E-state index contributed by atoms with van der Waals surface area (Å²) in [5.74, 6) is 0.648. The first-order valence-corrected chi connectivity index (χ1v) is 5.93. The molecule has 2 fully saturated rings. The molecule has 2 N–H and O–H groups in total. The SMILES string of the molecule is Cl.O=C(NC1C2CNCC21)c1ccccc1[N+](=O)[O-]. The zero-order valence-electron chi connectivity index (χ0n) is 10.0. The number of carbonyl (C=O) groups excluding carboxylic acids is 1. The van der Waals surface area contributed by atoms with E-state index in [2.05, 4.69) is 10.6 Å². The van der Waals surface area contributed by atoms with Crippen LogP contribution < -0.4 is 10.6 Å². The van der Waals surface area contributed by atoms with Crippen LogP contribution >= 0.6 is 12.4 Å². The zero-order chi connectivity index (χ0) is 12.7. The first kappa shape index (κ1) is 13.8. The summed E-state index contributed by atoms with van der Waals surface area (Å²) in [5, 5.41) is 17.0. The van der Waals surface area contributed by atoms with Gasteiger partial charge in [0, 0.05) is 25.2 Å². The van der Waals surface area contributed by atoms with Gasteiger partial charge in [0.15, 0.2) is 0 Å². The van der Waals surface area contributed by atoms with Crippen LogP contribution in [0, 0.1) is 22.0 Å². The van der Waals surface area contributed by atoms with E-state index in [1.807, 2.05) is 0 Å². The highest BCUT2D eigenvalue weighted by atomic mass is 35.5. The number of amides is 1. The van der Waals surface area contributed by atoms with Gasteiger partial charge in [0.2, 0.25) is 0 Å². The minimum absolute atomic E-state index is 0. The van der Waals surface area contributed by atoms with E-state index in [0.717, 1.165) is 13.1 Å². The number of halogens is 1. The summed E-state index contributed by atoms with van der Waals surface area (Å²) >= 11 is 0. The van der Waals surface area contributed by atoms with E-state index in [-0.39, 0.29) is 35.6 Å². The molecule has 2 unspecified atom stereocenters. The molecule has 2 atom stereocenters. The Kier molecular flexibility index (Phi) is 3.73. The predicted molar refractivity (Wildman–Crippen MR) is 71.4 cm³/mol. The zero-order valence-corrected chi connectivity index (χ0v) is 10.9. The molecule has 1 aliphatic heterocycles. The monoisotopic (exact) mass is 283 g/mol. The second kappa shape index (κ2) is 5.14. The van der Waals surface area contributed by atoms with E-state index in [0.29, 0.717) is 11.8 Å².